The number of likely N-dealkylation sites (tertiary alicyclic amines) is 1. The van der Waals surface area contributed by atoms with Gasteiger partial charge in [-0.2, -0.15) is 0 Å². The van der Waals surface area contributed by atoms with Crippen LogP contribution in [0.4, 0.5) is 5.69 Å². The highest BCUT2D eigenvalue weighted by atomic mass is 16.6. The summed E-state index contributed by atoms with van der Waals surface area (Å²) >= 11 is 0. The molecule has 0 atom stereocenters. The average Bonchev–Trinajstić information content (AvgIpc) is 2.59. The minimum atomic E-state index is -0.528. The molecular weight excluding hydrogens is 302 g/mol. The fourth-order valence-electron chi connectivity index (χ4n) is 2.55. The molecule has 1 saturated heterocycles. The quantitative estimate of drug-likeness (QED) is 0.624. The van der Waals surface area contributed by atoms with Gasteiger partial charge in [-0.1, -0.05) is 0 Å². The van der Waals surface area contributed by atoms with Gasteiger partial charge in [-0.15, -0.1) is 0 Å². The molecule has 0 aromatic heterocycles. The van der Waals surface area contributed by atoms with Crippen molar-refractivity contribution in [2.75, 3.05) is 33.9 Å². The predicted octanol–water partition coefficient (Wildman–Crippen LogP) is 1.19. The average molecular weight is 323 g/mol. The summed E-state index contributed by atoms with van der Waals surface area (Å²) in [7, 11) is 3.27. The standard InChI is InChI=1S/C15H21N3O5/c1-16-11-5-7-17(8-6-11)15(19)10-23-12-3-4-13(18(20)21)14(9-12)22-2/h3-4,9,11,16H,5-8,10H2,1-2H3. The monoisotopic (exact) mass is 323 g/mol. The first-order chi connectivity index (χ1) is 11.0. The second-order valence-corrected chi connectivity index (χ2v) is 5.32. The number of nitro groups is 1. The lowest BCUT2D eigenvalue weighted by molar-refractivity contribution is -0.385. The van der Waals surface area contributed by atoms with E-state index in [2.05, 4.69) is 5.32 Å². The normalized spacial score (nSPS) is 15.3. The van der Waals surface area contributed by atoms with Gasteiger partial charge < -0.3 is 19.7 Å². The lowest BCUT2D eigenvalue weighted by Gasteiger charge is -2.31. The molecule has 1 aromatic rings. The molecule has 0 unspecified atom stereocenters. The fourth-order valence-corrected chi connectivity index (χ4v) is 2.55. The van der Waals surface area contributed by atoms with E-state index in [9.17, 15) is 14.9 Å². The highest BCUT2D eigenvalue weighted by Gasteiger charge is 2.22. The van der Waals surface area contributed by atoms with Gasteiger partial charge in [-0.25, -0.2) is 0 Å². The molecule has 1 aliphatic heterocycles. The van der Waals surface area contributed by atoms with Crippen LogP contribution in [0.5, 0.6) is 11.5 Å². The number of amides is 1. The number of benzene rings is 1. The van der Waals surface area contributed by atoms with Crippen LogP contribution >= 0.6 is 0 Å². The van der Waals surface area contributed by atoms with Gasteiger partial charge in [0.25, 0.3) is 5.91 Å². The number of carbonyl (C=O) groups is 1. The lowest BCUT2D eigenvalue weighted by Crippen LogP contribution is -2.45. The summed E-state index contributed by atoms with van der Waals surface area (Å²) in [6.45, 7) is 1.32. The first kappa shape index (κ1) is 17.0. The Morgan fingerprint density at radius 3 is 2.70 bits per heavy atom. The number of nitro benzene ring substituents is 1. The van der Waals surface area contributed by atoms with E-state index >= 15 is 0 Å². The van der Waals surface area contributed by atoms with Crippen LogP contribution in [-0.4, -0.2) is 55.6 Å². The van der Waals surface area contributed by atoms with Crippen molar-refractivity contribution in [3.63, 3.8) is 0 Å². The molecule has 1 amide bonds. The molecule has 0 bridgehead atoms. The predicted molar refractivity (Wildman–Crippen MR) is 83.8 cm³/mol. The summed E-state index contributed by atoms with van der Waals surface area (Å²) in [4.78, 5) is 24.2. The van der Waals surface area contributed by atoms with Crippen molar-refractivity contribution in [1.82, 2.24) is 10.2 Å². The van der Waals surface area contributed by atoms with Crippen LogP contribution in [0.15, 0.2) is 18.2 Å². The number of hydrogen-bond acceptors (Lipinski definition) is 6. The Balaban J connectivity index is 1.90. The summed E-state index contributed by atoms with van der Waals surface area (Å²) in [5.74, 6) is 0.387. The first-order valence-electron chi connectivity index (χ1n) is 7.45. The molecule has 8 nitrogen and oxygen atoms in total. The van der Waals surface area contributed by atoms with Crippen LogP contribution in [0.25, 0.3) is 0 Å². The highest BCUT2D eigenvalue weighted by Crippen LogP contribution is 2.30. The van der Waals surface area contributed by atoms with E-state index < -0.39 is 4.92 Å². The van der Waals surface area contributed by atoms with E-state index in [-0.39, 0.29) is 24.0 Å². The van der Waals surface area contributed by atoms with Crippen LogP contribution in [-0.2, 0) is 4.79 Å². The fraction of sp³-hybridized carbons (Fsp3) is 0.533. The van der Waals surface area contributed by atoms with Crippen molar-refractivity contribution in [3.8, 4) is 11.5 Å². The molecule has 1 aromatic carbocycles. The van der Waals surface area contributed by atoms with Crippen LogP contribution in [0.3, 0.4) is 0 Å². The van der Waals surface area contributed by atoms with E-state index in [0.29, 0.717) is 24.9 Å². The second kappa shape index (κ2) is 7.77. The largest absolute Gasteiger partial charge is 0.490 e. The summed E-state index contributed by atoms with van der Waals surface area (Å²) < 4.78 is 10.4. The van der Waals surface area contributed by atoms with Crippen LogP contribution in [0, 0.1) is 10.1 Å². The van der Waals surface area contributed by atoms with Crippen LogP contribution in [0.1, 0.15) is 12.8 Å². The number of carbonyl (C=O) groups excluding carboxylic acids is 1. The molecule has 1 heterocycles. The van der Waals surface area contributed by atoms with Crippen molar-refractivity contribution in [3.05, 3.63) is 28.3 Å². The molecular formula is C15H21N3O5. The van der Waals surface area contributed by atoms with Crippen molar-refractivity contribution in [2.45, 2.75) is 18.9 Å². The van der Waals surface area contributed by atoms with Gasteiger partial charge in [-0.3, -0.25) is 14.9 Å². The van der Waals surface area contributed by atoms with Gasteiger partial charge in [0.15, 0.2) is 6.61 Å². The number of hydrogen-bond donors (Lipinski definition) is 1. The Kier molecular flexibility index (Phi) is 5.75. The molecule has 1 fully saturated rings. The van der Waals surface area contributed by atoms with E-state index in [1.807, 2.05) is 7.05 Å². The first-order valence-corrected chi connectivity index (χ1v) is 7.45. The molecule has 1 aliphatic rings. The number of methoxy groups -OCH3 is 1. The zero-order chi connectivity index (χ0) is 16.8. The number of ether oxygens (including phenoxy) is 2. The lowest BCUT2D eigenvalue weighted by atomic mass is 10.1. The van der Waals surface area contributed by atoms with E-state index in [1.54, 1.807) is 4.90 Å². The molecule has 0 aliphatic carbocycles. The molecule has 1 N–H and O–H groups in total. The number of rotatable bonds is 6. The maximum absolute atomic E-state index is 12.1. The third-order valence-corrected chi connectivity index (χ3v) is 3.97. The molecule has 126 valence electrons. The van der Waals surface area contributed by atoms with E-state index in [0.717, 1.165) is 12.8 Å². The zero-order valence-electron chi connectivity index (χ0n) is 13.3. The highest BCUT2D eigenvalue weighted by molar-refractivity contribution is 5.77. The smallest absolute Gasteiger partial charge is 0.311 e. The third-order valence-electron chi connectivity index (χ3n) is 3.97. The number of nitrogens with one attached hydrogen (secondary N) is 1. The van der Waals surface area contributed by atoms with Crippen LogP contribution in [0.2, 0.25) is 0 Å². The summed E-state index contributed by atoms with van der Waals surface area (Å²) in [5.41, 5.74) is -0.139. The van der Waals surface area contributed by atoms with Crippen molar-refractivity contribution >= 4 is 11.6 Å². The summed E-state index contributed by atoms with van der Waals surface area (Å²) in [6, 6.07) is 4.63. The van der Waals surface area contributed by atoms with Gasteiger partial charge in [0.2, 0.25) is 5.75 Å². The summed E-state index contributed by atoms with van der Waals surface area (Å²) in [6.07, 6.45) is 1.85. The summed E-state index contributed by atoms with van der Waals surface area (Å²) in [5, 5.41) is 14.0. The van der Waals surface area contributed by atoms with Gasteiger partial charge in [0.1, 0.15) is 5.75 Å². The maximum atomic E-state index is 12.1. The Hall–Kier alpha value is -2.35. The Bertz CT molecular complexity index is 570. The molecule has 0 radical (unpaired) electrons. The zero-order valence-corrected chi connectivity index (χ0v) is 13.3. The SMILES string of the molecule is CNC1CCN(C(=O)COc2ccc([N+](=O)[O-])c(OC)c2)CC1. The van der Waals surface area contributed by atoms with Gasteiger partial charge >= 0.3 is 5.69 Å². The van der Waals surface area contributed by atoms with E-state index in [4.69, 9.17) is 9.47 Å². The van der Waals surface area contributed by atoms with Gasteiger partial charge in [0.05, 0.1) is 12.0 Å². The molecule has 0 saturated carbocycles. The maximum Gasteiger partial charge on any atom is 0.311 e. The number of nitrogens with zero attached hydrogens (tertiary/aromatic N) is 2. The molecule has 0 spiro atoms. The molecule has 8 heteroatoms. The molecule has 2 rings (SSSR count). The molecule has 23 heavy (non-hydrogen) atoms. The Morgan fingerprint density at radius 1 is 1.43 bits per heavy atom. The Labute approximate surface area is 134 Å². The van der Waals surface area contributed by atoms with Crippen molar-refractivity contribution in [1.29, 1.82) is 0 Å². The minimum absolute atomic E-state index is 0.0862. The topological polar surface area (TPSA) is 93.9 Å². The third kappa shape index (κ3) is 4.32. The second-order valence-electron chi connectivity index (χ2n) is 5.32. The van der Waals surface area contributed by atoms with Gasteiger partial charge in [-0.05, 0) is 26.0 Å². The van der Waals surface area contributed by atoms with Crippen molar-refractivity contribution in [2.24, 2.45) is 0 Å². The number of piperidine rings is 1. The van der Waals surface area contributed by atoms with Gasteiger partial charge in [0, 0.05) is 31.3 Å². The van der Waals surface area contributed by atoms with Crippen LogP contribution < -0.4 is 14.8 Å². The van der Waals surface area contributed by atoms with E-state index in [1.165, 1.54) is 25.3 Å². The van der Waals surface area contributed by atoms with Crippen molar-refractivity contribution < 1.29 is 19.2 Å². The minimum Gasteiger partial charge on any atom is -0.490 e. The Morgan fingerprint density at radius 2 is 2.13 bits per heavy atom.